The van der Waals surface area contributed by atoms with E-state index in [0.29, 0.717) is 25.9 Å². The van der Waals surface area contributed by atoms with Gasteiger partial charge >= 0.3 is 0 Å². The van der Waals surface area contributed by atoms with Crippen molar-refractivity contribution in [3.8, 4) is 0 Å². The van der Waals surface area contributed by atoms with Crippen molar-refractivity contribution in [3.63, 3.8) is 0 Å². The monoisotopic (exact) mass is 344 g/mol. The zero-order chi connectivity index (χ0) is 17.8. The summed E-state index contributed by atoms with van der Waals surface area (Å²) in [7, 11) is 0. The van der Waals surface area contributed by atoms with Gasteiger partial charge in [0.05, 0.1) is 12.6 Å². The van der Waals surface area contributed by atoms with Crippen LogP contribution < -0.4 is 16.4 Å². The first-order chi connectivity index (χ1) is 12.0. The second kappa shape index (κ2) is 7.65. The van der Waals surface area contributed by atoms with Crippen molar-refractivity contribution >= 4 is 17.7 Å². The van der Waals surface area contributed by atoms with E-state index >= 15 is 0 Å². The largest absolute Gasteiger partial charge is 0.368 e. The lowest BCUT2D eigenvalue weighted by molar-refractivity contribution is -0.131. The van der Waals surface area contributed by atoms with Crippen LogP contribution in [0.4, 0.5) is 0 Å². The lowest BCUT2D eigenvalue weighted by atomic mass is 9.93. The summed E-state index contributed by atoms with van der Waals surface area (Å²) < 4.78 is 0. The van der Waals surface area contributed by atoms with E-state index in [2.05, 4.69) is 10.6 Å². The number of amides is 3. The number of nitrogens with one attached hydrogen (secondary N) is 2. The smallest absolute Gasteiger partial charge is 0.242 e. The van der Waals surface area contributed by atoms with Crippen LogP contribution in [0.15, 0.2) is 24.3 Å². The van der Waals surface area contributed by atoms with Crippen LogP contribution in [-0.4, -0.2) is 47.8 Å². The Morgan fingerprint density at radius 3 is 2.76 bits per heavy atom. The summed E-state index contributed by atoms with van der Waals surface area (Å²) in [4.78, 5) is 38.0. The first-order valence-electron chi connectivity index (χ1n) is 8.72. The van der Waals surface area contributed by atoms with E-state index in [9.17, 15) is 14.4 Å². The molecule has 1 fully saturated rings. The maximum Gasteiger partial charge on any atom is 0.242 e. The molecule has 2 heterocycles. The molecule has 25 heavy (non-hydrogen) atoms. The second-order valence-electron chi connectivity index (χ2n) is 6.70. The standard InChI is InChI=1S/C18H24N4O3/c19-17(24)15-9-12-5-1-2-6-13(12)10-22(15)11-16(23)21-14-7-3-4-8-20-18(14)25/h1-2,5-6,14-15H,3-4,7-11H2,(H2,19,24)(H,20,25)(H,21,23)/t14?,15-/m0/s1. The summed E-state index contributed by atoms with van der Waals surface area (Å²) >= 11 is 0. The van der Waals surface area contributed by atoms with Crippen molar-refractivity contribution in [2.24, 2.45) is 5.73 Å². The van der Waals surface area contributed by atoms with E-state index in [-0.39, 0.29) is 18.4 Å². The fourth-order valence-corrected chi connectivity index (χ4v) is 3.53. The quantitative estimate of drug-likeness (QED) is 0.696. The van der Waals surface area contributed by atoms with E-state index < -0.39 is 18.0 Å². The Hall–Kier alpha value is -2.41. The second-order valence-corrected chi connectivity index (χ2v) is 6.70. The molecule has 3 rings (SSSR count). The van der Waals surface area contributed by atoms with Crippen LogP contribution in [-0.2, 0) is 27.3 Å². The van der Waals surface area contributed by atoms with Gasteiger partial charge in [-0.15, -0.1) is 0 Å². The van der Waals surface area contributed by atoms with E-state index in [1.165, 1.54) is 0 Å². The lowest BCUT2D eigenvalue weighted by Gasteiger charge is -2.34. The van der Waals surface area contributed by atoms with Gasteiger partial charge < -0.3 is 16.4 Å². The van der Waals surface area contributed by atoms with Crippen LogP contribution in [0, 0.1) is 0 Å². The number of nitrogens with two attached hydrogens (primary N) is 1. The molecule has 0 radical (unpaired) electrons. The third kappa shape index (κ3) is 4.17. The molecular formula is C18H24N4O3. The summed E-state index contributed by atoms with van der Waals surface area (Å²) in [5.74, 6) is -0.830. The summed E-state index contributed by atoms with van der Waals surface area (Å²) in [6, 6.07) is 6.85. The molecule has 7 nitrogen and oxygen atoms in total. The van der Waals surface area contributed by atoms with Gasteiger partial charge in [-0.25, -0.2) is 0 Å². The number of benzene rings is 1. The SMILES string of the molecule is NC(=O)[C@@H]1Cc2ccccc2CN1CC(=O)NC1CCCCNC1=O. The zero-order valence-corrected chi connectivity index (χ0v) is 14.2. The third-order valence-electron chi connectivity index (χ3n) is 4.89. The molecular weight excluding hydrogens is 320 g/mol. The molecule has 0 saturated carbocycles. The number of hydrogen-bond acceptors (Lipinski definition) is 4. The Kier molecular flexibility index (Phi) is 5.33. The van der Waals surface area contributed by atoms with E-state index in [4.69, 9.17) is 5.73 Å². The van der Waals surface area contributed by atoms with Gasteiger partial charge in [0, 0.05) is 13.1 Å². The highest BCUT2D eigenvalue weighted by atomic mass is 16.2. The van der Waals surface area contributed by atoms with Crippen LogP contribution in [0.25, 0.3) is 0 Å². The van der Waals surface area contributed by atoms with Crippen molar-refractivity contribution in [3.05, 3.63) is 35.4 Å². The molecule has 3 amide bonds. The first-order valence-corrected chi connectivity index (χ1v) is 8.72. The fraction of sp³-hybridized carbons (Fsp3) is 0.500. The summed E-state index contributed by atoms with van der Waals surface area (Å²) in [6.45, 7) is 1.19. The molecule has 7 heteroatoms. The van der Waals surface area contributed by atoms with E-state index in [1.54, 1.807) is 4.90 Å². The molecule has 1 unspecified atom stereocenters. The van der Waals surface area contributed by atoms with Gasteiger partial charge in [0.25, 0.3) is 0 Å². The van der Waals surface area contributed by atoms with Crippen LogP contribution in [0.5, 0.6) is 0 Å². The summed E-state index contributed by atoms with van der Waals surface area (Å²) in [6.07, 6.45) is 2.96. The van der Waals surface area contributed by atoms with E-state index in [0.717, 1.165) is 24.0 Å². The average molecular weight is 344 g/mol. The van der Waals surface area contributed by atoms with Crippen LogP contribution in [0.2, 0.25) is 0 Å². The topological polar surface area (TPSA) is 105 Å². The van der Waals surface area contributed by atoms with E-state index in [1.807, 2.05) is 24.3 Å². The first kappa shape index (κ1) is 17.4. The number of fused-ring (bicyclic) bond motifs is 1. The Labute approximate surface area is 146 Å². The number of nitrogens with zero attached hydrogens (tertiary/aromatic N) is 1. The van der Waals surface area contributed by atoms with Crippen molar-refractivity contribution in [2.75, 3.05) is 13.1 Å². The molecule has 1 aromatic rings. The van der Waals surface area contributed by atoms with Gasteiger partial charge in [-0.2, -0.15) is 0 Å². The highest BCUT2D eigenvalue weighted by Crippen LogP contribution is 2.22. The highest BCUT2D eigenvalue weighted by Gasteiger charge is 2.32. The molecule has 0 aromatic heterocycles. The normalized spacial score (nSPS) is 23.9. The maximum atomic E-state index is 12.4. The Morgan fingerprint density at radius 1 is 1.24 bits per heavy atom. The highest BCUT2D eigenvalue weighted by molar-refractivity contribution is 5.89. The minimum Gasteiger partial charge on any atom is -0.368 e. The van der Waals surface area contributed by atoms with Gasteiger partial charge in [-0.05, 0) is 36.8 Å². The molecule has 0 bridgehead atoms. The fourth-order valence-electron chi connectivity index (χ4n) is 3.53. The predicted octanol–water partition coefficient (Wildman–Crippen LogP) is -0.316. The summed E-state index contributed by atoms with van der Waals surface area (Å²) in [5.41, 5.74) is 7.73. The van der Waals surface area contributed by atoms with Crippen molar-refractivity contribution in [1.82, 2.24) is 15.5 Å². The summed E-state index contributed by atoms with van der Waals surface area (Å²) in [5, 5.41) is 5.60. The molecule has 0 aliphatic carbocycles. The van der Waals surface area contributed by atoms with Crippen LogP contribution >= 0.6 is 0 Å². The number of carbonyl (C=O) groups excluding carboxylic acids is 3. The maximum absolute atomic E-state index is 12.4. The number of carbonyl (C=O) groups is 3. The Balaban J connectivity index is 1.66. The number of rotatable bonds is 4. The molecule has 134 valence electrons. The molecule has 1 aromatic carbocycles. The Morgan fingerprint density at radius 2 is 2.00 bits per heavy atom. The predicted molar refractivity (Wildman–Crippen MR) is 92.3 cm³/mol. The molecule has 0 spiro atoms. The van der Waals surface area contributed by atoms with Crippen LogP contribution in [0.1, 0.15) is 30.4 Å². The minimum atomic E-state index is -0.511. The average Bonchev–Trinajstić information content (AvgIpc) is 2.78. The molecule has 2 aliphatic heterocycles. The number of hydrogen-bond donors (Lipinski definition) is 3. The van der Waals surface area contributed by atoms with Crippen molar-refractivity contribution in [1.29, 1.82) is 0 Å². The lowest BCUT2D eigenvalue weighted by Crippen LogP contribution is -2.54. The van der Waals surface area contributed by atoms with Gasteiger partial charge in [0.2, 0.25) is 17.7 Å². The van der Waals surface area contributed by atoms with Crippen LogP contribution in [0.3, 0.4) is 0 Å². The van der Waals surface area contributed by atoms with Crippen molar-refractivity contribution in [2.45, 2.75) is 44.3 Å². The number of primary amides is 1. The minimum absolute atomic E-state index is 0.0473. The van der Waals surface area contributed by atoms with Gasteiger partial charge in [0.1, 0.15) is 6.04 Å². The molecule has 4 N–H and O–H groups in total. The van der Waals surface area contributed by atoms with Crippen molar-refractivity contribution < 1.29 is 14.4 Å². The molecule has 1 saturated heterocycles. The van der Waals surface area contributed by atoms with Gasteiger partial charge in [-0.1, -0.05) is 24.3 Å². The third-order valence-corrected chi connectivity index (χ3v) is 4.89. The molecule has 2 aliphatic rings. The molecule has 2 atom stereocenters. The zero-order valence-electron chi connectivity index (χ0n) is 14.2. The van der Waals surface area contributed by atoms with Gasteiger partial charge in [0.15, 0.2) is 0 Å². The van der Waals surface area contributed by atoms with Gasteiger partial charge in [-0.3, -0.25) is 19.3 Å². The Bertz CT molecular complexity index is 676.